The molecular formula is C14H17N3OS. The molecule has 1 saturated carbocycles. The number of hydrogen-bond donors (Lipinski definition) is 2. The van der Waals surface area contributed by atoms with Crippen molar-refractivity contribution in [3.8, 4) is 6.07 Å². The molecule has 0 spiro atoms. The number of fused-ring (bicyclic) bond motifs is 1. The fraction of sp³-hybridized carbons (Fsp3) is 0.571. The summed E-state index contributed by atoms with van der Waals surface area (Å²) in [6.45, 7) is 1.27. The van der Waals surface area contributed by atoms with E-state index in [-0.39, 0.29) is 5.91 Å². The molecule has 0 aliphatic heterocycles. The Morgan fingerprint density at radius 3 is 3.00 bits per heavy atom. The molecule has 1 aromatic rings. The van der Waals surface area contributed by atoms with Crippen LogP contribution in [0.25, 0.3) is 0 Å². The maximum absolute atomic E-state index is 11.8. The highest BCUT2D eigenvalue weighted by Gasteiger charge is 2.23. The lowest BCUT2D eigenvalue weighted by atomic mass is 10.1. The summed E-state index contributed by atoms with van der Waals surface area (Å²) in [5.74, 6) is 0.727. The summed E-state index contributed by atoms with van der Waals surface area (Å²) in [6.07, 6.45) is 5.72. The molecule has 2 N–H and O–H groups in total. The van der Waals surface area contributed by atoms with Gasteiger partial charge in [-0.1, -0.05) is 0 Å². The van der Waals surface area contributed by atoms with Crippen molar-refractivity contribution in [3.63, 3.8) is 0 Å². The van der Waals surface area contributed by atoms with Crippen LogP contribution < -0.4 is 10.6 Å². The van der Waals surface area contributed by atoms with Crippen molar-refractivity contribution >= 4 is 22.2 Å². The zero-order valence-corrected chi connectivity index (χ0v) is 11.6. The molecule has 0 aromatic carbocycles. The number of anilines is 1. The largest absolute Gasteiger partial charge is 0.315 e. The molecule has 0 bridgehead atoms. The van der Waals surface area contributed by atoms with E-state index in [0.717, 1.165) is 42.3 Å². The molecule has 0 saturated heterocycles. The Bertz CT molecular complexity index is 540. The minimum Gasteiger partial charge on any atom is -0.315 e. The number of carbonyl (C=O) groups excluding carboxylic acids is 1. The summed E-state index contributed by atoms with van der Waals surface area (Å²) in [7, 11) is 0. The normalized spacial score (nSPS) is 17.0. The Labute approximate surface area is 116 Å². The molecule has 2 aliphatic carbocycles. The first kappa shape index (κ1) is 12.6. The van der Waals surface area contributed by atoms with Gasteiger partial charge in [0.15, 0.2) is 0 Å². The molecule has 0 radical (unpaired) electrons. The van der Waals surface area contributed by atoms with Gasteiger partial charge >= 0.3 is 0 Å². The van der Waals surface area contributed by atoms with Gasteiger partial charge in [0.25, 0.3) is 0 Å². The van der Waals surface area contributed by atoms with Crippen LogP contribution in [-0.2, 0) is 17.6 Å². The first-order chi connectivity index (χ1) is 9.28. The summed E-state index contributed by atoms with van der Waals surface area (Å²) in [5, 5.41) is 16.0. The zero-order valence-electron chi connectivity index (χ0n) is 10.8. The Kier molecular flexibility index (Phi) is 3.54. The smallest absolute Gasteiger partial charge is 0.238 e. The molecule has 0 unspecified atom stereocenters. The lowest BCUT2D eigenvalue weighted by molar-refractivity contribution is -0.115. The van der Waals surface area contributed by atoms with Gasteiger partial charge in [-0.25, -0.2) is 0 Å². The van der Waals surface area contributed by atoms with Crippen molar-refractivity contribution in [2.45, 2.75) is 32.1 Å². The highest BCUT2D eigenvalue weighted by atomic mass is 32.1. The van der Waals surface area contributed by atoms with Gasteiger partial charge in [0.05, 0.1) is 12.1 Å². The average Bonchev–Trinajstić information content (AvgIpc) is 2.99. The first-order valence-corrected chi connectivity index (χ1v) is 7.64. The van der Waals surface area contributed by atoms with Gasteiger partial charge in [0, 0.05) is 4.88 Å². The summed E-state index contributed by atoms with van der Waals surface area (Å²) in [4.78, 5) is 13.1. The summed E-state index contributed by atoms with van der Waals surface area (Å²) in [6, 6.07) is 2.24. The maximum atomic E-state index is 11.8. The standard InChI is InChI=1S/C14H17N3OS/c15-6-11-10-2-1-3-12(10)19-14(11)17-13(18)8-16-7-9-4-5-9/h9,16H,1-5,7-8H2,(H,17,18). The van der Waals surface area contributed by atoms with Gasteiger partial charge in [-0.2, -0.15) is 5.26 Å². The highest BCUT2D eigenvalue weighted by molar-refractivity contribution is 7.16. The van der Waals surface area contributed by atoms with Crippen molar-refractivity contribution < 1.29 is 4.79 Å². The fourth-order valence-corrected chi connectivity index (χ4v) is 3.75. The van der Waals surface area contributed by atoms with Gasteiger partial charge in [0.1, 0.15) is 11.1 Å². The first-order valence-electron chi connectivity index (χ1n) is 6.83. The zero-order chi connectivity index (χ0) is 13.2. The maximum Gasteiger partial charge on any atom is 0.238 e. The van der Waals surface area contributed by atoms with Crippen LogP contribution in [-0.4, -0.2) is 19.0 Å². The minimum atomic E-state index is -0.0444. The summed E-state index contributed by atoms with van der Waals surface area (Å²) < 4.78 is 0. The van der Waals surface area contributed by atoms with Crippen molar-refractivity contribution in [1.29, 1.82) is 5.26 Å². The lowest BCUT2D eigenvalue weighted by Gasteiger charge is -2.05. The van der Waals surface area contributed by atoms with E-state index in [2.05, 4.69) is 16.7 Å². The molecule has 5 heteroatoms. The quantitative estimate of drug-likeness (QED) is 0.864. The molecule has 100 valence electrons. The van der Waals surface area contributed by atoms with Crippen molar-refractivity contribution in [2.75, 3.05) is 18.4 Å². The monoisotopic (exact) mass is 275 g/mol. The van der Waals surface area contributed by atoms with E-state index in [0.29, 0.717) is 12.1 Å². The van der Waals surface area contributed by atoms with Gasteiger partial charge < -0.3 is 10.6 Å². The molecular weight excluding hydrogens is 258 g/mol. The van der Waals surface area contributed by atoms with Crippen LogP contribution in [0.2, 0.25) is 0 Å². The third-order valence-electron chi connectivity index (χ3n) is 3.70. The topological polar surface area (TPSA) is 64.9 Å². The van der Waals surface area contributed by atoms with E-state index in [4.69, 9.17) is 0 Å². The molecule has 1 amide bonds. The molecule has 1 fully saturated rings. The van der Waals surface area contributed by atoms with Crippen LogP contribution in [0.5, 0.6) is 0 Å². The molecule has 2 aliphatic rings. The number of nitrogens with one attached hydrogen (secondary N) is 2. The van der Waals surface area contributed by atoms with Crippen LogP contribution >= 0.6 is 11.3 Å². The van der Waals surface area contributed by atoms with Crippen LogP contribution in [0.4, 0.5) is 5.00 Å². The van der Waals surface area contributed by atoms with Gasteiger partial charge in [-0.3, -0.25) is 4.79 Å². The third-order valence-corrected chi connectivity index (χ3v) is 4.91. The fourth-order valence-electron chi connectivity index (χ4n) is 2.49. The van der Waals surface area contributed by atoms with E-state index in [1.165, 1.54) is 17.7 Å². The van der Waals surface area contributed by atoms with Crippen molar-refractivity contribution in [2.24, 2.45) is 5.92 Å². The van der Waals surface area contributed by atoms with Crippen molar-refractivity contribution in [3.05, 3.63) is 16.0 Å². The third kappa shape index (κ3) is 2.80. The second-order valence-electron chi connectivity index (χ2n) is 5.30. The lowest BCUT2D eigenvalue weighted by Crippen LogP contribution is -2.29. The number of hydrogen-bond acceptors (Lipinski definition) is 4. The number of thiophene rings is 1. The molecule has 1 heterocycles. The Morgan fingerprint density at radius 1 is 1.42 bits per heavy atom. The van der Waals surface area contributed by atoms with Gasteiger partial charge in [0.2, 0.25) is 5.91 Å². The highest BCUT2D eigenvalue weighted by Crippen LogP contribution is 2.38. The number of nitrogens with zero attached hydrogens (tertiary/aromatic N) is 1. The number of aryl methyl sites for hydroxylation is 1. The number of nitriles is 1. The van der Waals surface area contributed by atoms with Crippen molar-refractivity contribution in [1.82, 2.24) is 5.32 Å². The van der Waals surface area contributed by atoms with Gasteiger partial charge in [-0.05, 0) is 50.1 Å². The predicted molar refractivity (Wildman–Crippen MR) is 75.3 cm³/mol. The Morgan fingerprint density at radius 2 is 2.26 bits per heavy atom. The van der Waals surface area contributed by atoms with Crippen LogP contribution in [0.15, 0.2) is 0 Å². The van der Waals surface area contributed by atoms with E-state index in [9.17, 15) is 10.1 Å². The summed E-state index contributed by atoms with van der Waals surface area (Å²) in [5.41, 5.74) is 1.85. The molecule has 3 rings (SSSR count). The molecule has 1 aromatic heterocycles. The second kappa shape index (κ2) is 5.32. The Balaban J connectivity index is 1.59. The number of carbonyl (C=O) groups is 1. The molecule has 0 atom stereocenters. The van der Waals surface area contributed by atoms with E-state index in [1.54, 1.807) is 11.3 Å². The van der Waals surface area contributed by atoms with E-state index >= 15 is 0 Å². The van der Waals surface area contributed by atoms with E-state index in [1.807, 2.05) is 0 Å². The number of rotatable bonds is 5. The molecule has 4 nitrogen and oxygen atoms in total. The predicted octanol–water partition coefficient (Wildman–Crippen LogP) is 2.05. The minimum absolute atomic E-state index is 0.0444. The van der Waals surface area contributed by atoms with Crippen LogP contribution in [0.1, 0.15) is 35.3 Å². The average molecular weight is 275 g/mol. The number of amides is 1. The Hall–Kier alpha value is -1.38. The summed E-state index contributed by atoms with van der Waals surface area (Å²) >= 11 is 1.57. The second-order valence-corrected chi connectivity index (χ2v) is 6.40. The van der Waals surface area contributed by atoms with E-state index < -0.39 is 0 Å². The van der Waals surface area contributed by atoms with Gasteiger partial charge in [-0.15, -0.1) is 11.3 Å². The van der Waals surface area contributed by atoms with Crippen LogP contribution in [0, 0.1) is 17.2 Å². The van der Waals surface area contributed by atoms with Crippen LogP contribution in [0.3, 0.4) is 0 Å². The SMILES string of the molecule is N#Cc1c(NC(=O)CNCC2CC2)sc2c1CCC2. The molecule has 19 heavy (non-hydrogen) atoms.